The maximum atomic E-state index is 3.76. The zero-order valence-electron chi connectivity index (χ0n) is 7.55. The van der Waals surface area contributed by atoms with E-state index in [0.29, 0.717) is 0 Å². The minimum Gasteiger partial charge on any atom is -0.125 e. The molecule has 0 aliphatic carbocycles. The van der Waals surface area contributed by atoms with E-state index in [0.717, 1.165) is 0 Å². The summed E-state index contributed by atoms with van der Waals surface area (Å²) in [5.74, 6) is 0. The van der Waals surface area contributed by atoms with Crippen molar-refractivity contribution >= 4 is 11.8 Å². The Kier molecular flexibility index (Phi) is 4.23. The zero-order chi connectivity index (χ0) is 8.81. The summed E-state index contributed by atoms with van der Waals surface area (Å²) >= 11 is 1.55. The Hall–Kier alpha value is -0.430. The van der Waals surface area contributed by atoms with Gasteiger partial charge in [0, 0.05) is 11.2 Å². The van der Waals surface area contributed by atoms with Gasteiger partial charge in [-0.25, -0.2) is 0 Å². The summed E-state index contributed by atoms with van der Waals surface area (Å²) in [5, 5.41) is 0. The first kappa shape index (κ1) is 9.66. The number of rotatable bonds is 4. The number of hydrogen-bond donors (Lipinski definition) is 0. The van der Waals surface area contributed by atoms with E-state index < -0.39 is 0 Å². The Morgan fingerprint density at radius 2 is 1.92 bits per heavy atom. The van der Waals surface area contributed by atoms with Crippen molar-refractivity contribution in [2.24, 2.45) is 0 Å². The Morgan fingerprint density at radius 1 is 1.25 bits per heavy atom. The molecule has 0 spiro atoms. The van der Waals surface area contributed by atoms with E-state index in [1.807, 2.05) is 0 Å². The molecule has 1 rings (SSSR count). The SMILES string of the molecule is [CH2]Sc1ccc(CCCC)cc1. The smallest absolute Gasteiger partial charge is 0.00745 e. The Bertz CT molecular complexity index is 213. The molecule has 0 heterocycles. The zero-order valence-corrected chi connectivity index (χ0v) is 8.36. The predicted molar refractivity (Wildman–Crippen MR) is 56.3 cm³/mol. The fourth-order valence-electron chi connectivity index (χ4n) is 1.13. The molecule has 0 unspecified atom stereocenters. The van der Waals surface area contributed by atoms with Crippen LogP contribution in [0.3, 0.4) is 0 Å². The molecule has 0 saturated heterocycles. The molecule has 0 aliphatic heterocycles. The van der Waals surface area contributed by atoms with Gasteiger partial charge >= 0.3 is 0 Å². The lowest BCUT2D eigenvalue weighted by molar-refractivity contribution is 0.794. The van der Waals surface area contributed by atoms with Crippen LogP contribution in [0.1, 0.15) is 25.3 Å². The third kappa shape index (κ3) is 2.90. The highest BCUT2D eigenvalue weighted by Crippen LogP contribution is 2.16. The summed E-state index contributed by atoms with van der Waals surface area (Å²) < 4.78 is 0. The lowest BCUT2D eigenvalue weighted by Gasteiger charge is -2.00. The molecule has 0 N–H and O–H groups in total. The number of benzene rings is 1. The molecule has 0 bridgehead atoms. The Balaban J connectivity index is 2.53. The van der Waals surface area contributed by atoms with Crippen LogP contribution in [0.2, 0.25) is 0 Å². The summed E-state index contributed by atoms with van der Waals surface area (Å²) in [5.41, 5.74) is 1.44. The molecule has 0 amide bonds. The second-order valence-corrected chi connectivity index (χ2v) is 3.65. The fraction of sp³-hybridized carbons (Fsp3) is 0.364. The van der Waals surface area contributed by atoms with E-state index in [1.165, 1.54) is 29.7 Å². The minimum absolute atomic E-state index is 1.21. The average molecular weight is 179 g/mol. The van der Waals surface area contributed by atoms with Crippen LogP contribution < -0.4 is 0 Å². The maximum absolute atomic E-state index is 3.76. The number of unbranched alkanes of at least 4 members (excludes halogenated alkanes) is 1. The standard InChI is InChI=1S/C11H15S/c1-3-4-5-10-6-8-11(12-2)9-7-10/h6-9H,2-5H2,1H3. The second-order valence-electron chi connectivity index (χ2n) is 2.89. The predicted octanol–water partition coefficient (Wildman–Crippen LogP) is 3.91. The van der Waals surface area contributed by atoms with Crippen LogP contribution in [0, 0.1) is 6.26 Å². The molecule has 0 nitrogen and oxygen atoms in total. The van der Waals surface area contributed by atoms with Crippen molar-refractivity contribution in [1.29, 1.82) is 0 Å². The van der Waals surface area contributed by atoms with Gasteiger partial charge in [-0.3, -0.25) is 0 Å². The third-order valence-electron chi connectivity index (χ3n) is 1.91. The summed E-state index contributed by atoms with van der Waals surface area (Å²) in [6.07, 6.45) is 7.53. The van der Waals surface area contributed by atoms with E-state index in [1.54, 1.807) is 11.8 Å². The van der Waals surface area contributed by atoms with Crippen LogP contribution in [0.5, 0.6) is 0 Å². The van der Waals surface area contributed by atoms with E-state index >= 15 is 0 Å². The van der Waals surface area contributed by atoms with Crippen molar-refractivity contribution in [2.75, 3.05) is 0 Å². The molecular weight excluding hydrogens is 164 g/mol. The van der Waals surface area contributed by atoms with Crippen LogP contribution in [-0.2, 0) is 6.42 Å². The first-order valence-corrected chi connectivity index (χ1v) is 5.36. The van der Waals surface area contributed by atoms with Gasteiger partial charge < -0.3 is 0 Å². The van der Waals surface area contributed by atoms with E-state index in [4.69, 9.17) is 0 Å². The third-order valence-corrected chi connectivity index (χ3v) is 2.51. The highest BCUT2D eigenvalue weighted by Gasteiger charge is 1.92. The molecule has 1 aromatic rings. The van der Waals surface area contributed by atoms with Gasteiger partial charge in [0.1, 0.15) is 0 Å². The Labute approximate surface area is 79.4 Å². The lowest BCUT2D eigenvalue weighted by Crippen LogP contribution is -1.83. The van der Waals surface area contributed by atoms with Crippen molar-refractivity contribution in [3.8, 4) is 0 Å². The first-order chi connectivity index (χ1) is 5.86. The van der Waals surface area contributed by atoms with Crippen molar-refractivity contribution in [1.82, 2.24) is 0 Å². The summed E-state index contributed by atoms with van der Waals surface area (Å²) in [4.78, 5) is 1.25. The monoisotopic (exact) mass is 179 g/mol. The van der Waals surface area contributed by atoms with Gasteiger partial charge in [-0.2, -0.15) is 0 Å². The maximum Gasteiger partial charge on any atom is 0.00745 e. The summed E-state index contributed by atoms with van der Waals surface area (Å²) in [6.45, 7) is 2.22. The highest BCUT2D eigenvalue weighted by molar-refractivity contribution is 8.00. The highest BCUT2D eigenvalue weighted by atomic mass is 32.2. The number of hydrogen-bond acceptors (Lipinski definition) is 1. The van der Waals surface area contributed by atoms with E-state index in [2.05, 4.69) is 37.4 Å². The lowest BCUT2D eigenvalue weighted by atomic mass is 10.1. The van der Waals surface area contributed by atoms with Crippen LogP contribution in [0.25, 0.3) is 0 Å². The van der Waals surface area contributed by atoms with Crippen molar-refractivity contribution in [3.63, 3.8) is 0 Å². The molecule has 0 atom stereocenters. The molecule has 0 fully saturated rings. The van der Waals surface area contributed by atoms with Crippen LogP contribution in [0.15, 0.2) is 29.2 Å². The first-order valence-electron chi connectivity index (χ1n) is 4.37. The van der Waals surface area contributed by atoms with Gasteiger partial charge in [0.05, 0.1) is 0 Å². The fourth-order valence-corrected chi connectivity index (χ4v) is 1.46. The van der Waals surface area contributed by atoms with E-state index in [-0.39, 0.29) is 0 Å². The molecule has 0 aliphatic rings. The van der Waals surface area contributed by atoms with Crippen LogP contribution >= 0.6 is 11.8 Å². The van der Waals surface area contributed by atoms with Gasteiger partial charge in [0.2, 0.25) is 0 Å². The number of aryl methyl sites for hydroxylation is 1. The molecule has 1 radical (unpaired) electrons. The molecule has 1 heteroatoms. The molecule has 65 valence electrons. The van der Waals surface area contributed by atoms with E-state index in [9.17, 15) is 0 Å². The normalized spacial score (nSPS) is 10.2. The second kappa shape index (κ2) is 5.26. The Morgan fingerprint density at radius 3 is 2.42 bits per heavy atom. The molecule has 12 heavy (non-hydrogen) atoms. The molecular formula is C11H15S. The van der Waals surface area contributed by atoms with Crippen LogP contribution in [-0.4, -0.2) is 0 Å². The van der Waals surface area contributed by atoms with Gasteiger partial charge in [-0.05, 0) is 30.5 Å². The minimum atomic E-state index is 1.21. The summed E-state index contributed by atoms with van der Waals surface area (Å²) in [6, 6.07) is 8.68. The molecule has 0 aromatic heterocycles. The van der Waals surface area contributed by atoms with Gasteiger partial charge in [0.25, 0.3) is 0 Å². The summed E-state index contributed by atoms with van der Waals surface area (Å²) in [7, 11) is 0. The quantitative estimate of drug-likeness (QED) is 0.631. The molecule has 1 aromatic carbocycles. The molecule has 0 saturated carbocycles. The van der Waals surface area contributed by atoms with Crippen molar-refractivity contribution in [2.45, 2.75) is 31.1 Å². The average Bonchev–Trinajstić information content (AvgIpc) is 2.15. The van der Waals surface area contributed by atoms with Crippen molar-refractivity contribution < 1.29 is 0 Å². The van der Waals surface area contributed by atoms with Crippen LogP contribution in [0.4, 0.5) is 0 Å². The largest absolute Gasteiger partial charge is 0.125 e. The van der Waals surface area contributed by atoms with Gasteiger partial charge in [-0.1, -0.05) is 25.5 Å². The number of thioether (sulfide) groups is 1. The topological polar surface area (TPSA) is 0 Å². The van der Waals surface area contributed by atoms with Crippen molar-refractivity contribution in [3.05, 3.63) is 36.1 Å². The van der Waals surface area contributed by atoms with Gasteiger partial charge in [-0.15, -0.1) is 11.8 Å². The van der Waals surface area contributed by atoms with Gasteiger partial charge in [0.15, 0.2) is 0 Å².